The van der Waals surface area contributed by atoms with Gasteiger partial charge in [0, 0.05) is 0 Å². The van der Waals surface area contributed by atoms with Gasteiger partial charge in [-0.1, -0.05) is 11.6 Å². The average molecular weight is 280 g/mol. The largest absolute Gasteiger partial charge is 0.478 e. The van der Waals surface area contributed by atoms with E-state index in [9.17, 15) is 9.59 Å². The molecule has 1 aromatic carbocycles. The van der Waals surface area contributed by atoms with Crippen molar-refractivity contribution in [2.45, 2.75) is 6.92 Å². The fourth-order valence-corrected chi connectivity index (χ4v) is 1.64. The quantitative estimate of drug-likeness (QED) is 0.803. The predicted molar refractivity (Wildman–Crippen MR) is 69.7 cm³/mol. The molecule has 1 aromatic heterocycles. The molecule has 6 nitrogen and oxygen atoms in total. The molecule has 0 bridgehead atoms. The van der Waals surface area contributed by atoms with Gasteiger partial charge in [-0.25, -0.2) is 9.78 Å². The highest BCUT2D eigenvalue weighted by Gasteiger charge is 2.12. The maximum atomic E-state index is 11.9. The van der Waals surface area contributed by atoms with E-state index >= 15 is 0 Å². The van der Waals surface area contributed by atoms with Crippen molar-refractivity contribution < 1.29 is 14.7 Å². The van der Waals surface area contributed by atoms with E-state index in [1.165, 1.54) is 24.4 Å². The number of carbonyl (C=O) groups excluding carboxylic acids is 1. The van der Waals surface area contributed by atoms with Crippen molar-refractivity contribution in [3.8, 4) is 0 Å². The van der Waals surface area contributed by atoms with E-state index in [-0.39, 0.29) is 22.0 Å². The zero-order valence-corrected chi connectivity index (χ0v) is 10.7. The minimum atomic E-state index is -1.09. The number of hydrogen-bond donors (Lipinski definition) is 3. The number of imidazole rings is 1. The zero-order chi connectivity index (χ0) is 14.0. The van der Waals surface area contributed by atoms with Gasteiger partial charge in [-0.2, -0.15) is 0 Å². The number of halogens is 1. The summed E-state index contributed by atoms with van der Waals surface area (Å²) in [4.78, 5) is 29.4. The lowest BCUT2D eigenvalue weighted by atomic mass is 10.2. The summed E-state index contributed by atoms with van der Waals surface area (Å²) in [6.07, 6.45) is 1.39. The number of aromatic carboxylic acids is 1. The smallest absolute Gasteiger partial charge is 0.335 e. The lowest BCUT2D eigenvalue weighted by molar-refractivity contribution is 0.0696. The van der Waals surface area contributed by atoms with Gasteiger partial charge in [0.05, 0.1) is 22.5 Å². The second-order valence-corrected chi connectivity index (χ2v) is 4.24. The van der Waals surface area contributed by atoms with Crippen LogP contribution in [0.25, 0.3) is 0 Å². The molecule has 0 fully saturated rings. The van der Waals surface area contributed by atoms with Crippen molar-refractivity contribution in [3.05, 3.63) is 46.5 Å². The molecular weight excluding hydrogens is 270 g/mol. The van der Waals surface area contributed by atoms with Gasteiger partial charge in [-0.15, -0.1) is 0 Å². The predicted octanol–water partition coefficient (Wildman–Crippen LogP) is 2.32. The first kappa shape index (κ1) is 13.1. The van der Waals surface area contributed by atoms with Gasteiger partial charge >= 0.3 is 5.97 Å². The number of carboxylic acid groups (broad SMARTS) is 1. The molecule has 2 rings (SSSR count). The van der Waals surface area contributed by atoms with E-state index in [1.54, 1.807) is 6.92 Å². The Labute approximate surface area is 113 Å². The molecule has 1 heterocycles. The van der Waals surface area contributed by atoms with E-state index < -0.39 is 11.9 Å². The van der Waals surface area contributed by atoms with Crippen molar-refractivity contribution in [2.24, 2.45) is 0 Å². The molecule has 0 unspecified atom stereocenters. The molecule has 0 aliphatic heterocycles. The summed E-state index contributed by atoms with van der Waals surface area (Å²) in [5.41, 5.74) is 0.550. The number of aryl methyl sites for hydroxylation is 1. The van der Waals surface area contributed by atoms with Crippen molar-refractivity contribution >= 4 is 29.2 Å². The monoisotopic (exact) mass is 279 g/mol. The Hall–Kier alpha value is -2.34. The van der Waals surface area contributed by atoms with Gasteiger partial charge in [-0.05, 0) is 25.1 Å². The summed E-state index contributed by atoms with van der Waals surface area (Å²) in [5.74, 6) is -0.926. The number of benzene rings is 1. The molecule has 0 aliphatic rings. The Morgan fingerprint density at radius 2 is 2.16 bits per heavy atom. The average Bonchev–Trinajstić information content (AvgIpc) is 2.78. The number of aromatic amines is 1. The highest BCUT2D eigenvalue weighted by Crippen LogP contribution is 2.23. The Morgan fingerprint density at radius 3 is 2.74 bits per heavy atom. The molecule has 0 saturated heterocycles. The van der Waals surface area contributed by atoms with Crippen LogP contribution in [-0.2, 0) is 0 Å². The summed E-state index contributed by atoms with van der Waals surface area (Å²) in [7, 11) is 0. The first-order valence-electron chi connectivity index (χ1n) is 5.33. The maximum Gasteiger partial charge on any atom is 0.335 e. The summed E-state index contributed by atoms with van der Waals surface area (Å²) < 4.78 is 0. The first-order chi connectivity index (χ1) is 8.97. The minimum absolute atomic E-state index is 0.0421. The number of rotatable bonds is 3. The van der Waals surface area contributed by atoms with E-state index in [0.29, 0.717) is 5.82 Å². The van der Waals surface area contributed by atoms with Gasteiger partial charge in [0.15, 0.2) is 0 Å². The van der Waals surface area contributed by atoms with Crippen molar-refractivity contribution in [1.29, 1.82) is 0 Å². The Kier molecular flexibility index (Phi) is 3.52. The lowest BCUT2D eigenvalue weighted by Crippen LogP contribution is -2.13. The number of H-pyrrole nitrogens is 1. The highest BCUT2D eigenvalue weighted by atomic mass is 35.5. The molecule has 0 radical (unpaired) electrons. The van der Waals surface area contributed by atoms with Gasteiger partial charge in [0.1, 0.15) is 11.5 Å². The fraction of sp³-hybridized carbons (Fsp3) is 0.0833. The Bertz CT molecular complexity index is 651. The highest BCUT2D eigenvalue weighted by molar-refractivity contribution is 6.34. The molecule has 0 saturated carbocycles. The van der Waals surface area contributed by atoms with Crippen molar-refractivity contribution in [3.63, 3.8) is 0 Å². The number of hydrogen-bond acceptors (Lipinski definition) is 3. The van der Waals surface area contributed by atoms with E-state index in [4.69, 9.17) is 16.7 Å². The second kappa shape index (κ2) is 5.11. The van der Waals surface area contributed by atoms with Crippen LogP contribution in [0.5, 0.6) is 0 Å². The summed E-state index contributed by atoms with van der Waals surface area (Å²) in [6.45, 7) is 1.72. The number of carbonyl (C=O) groups is 2. The maximum absolute atomic E-state index is 11.9. The number of nitrogens with one attached hydrogen (secondary N) is 2. The van der Waals surface area contributed by atoms with Crippen LogP contribution < -0.4 is 5.32 Å². The summed E-state index contributed by atoms with van der Waals surface area (Å²) in [5, 5.41) is 11.7. The molecule has 3 N–H and O–H groups in total. The number of carboxylic acids is 1. The Balaban J connectivity index is 2.25. The molecule has 0 atom stereocenters. The van der Waals surface area contributed by atoms with Crippen LogP contribution in [0.1, 0.15) is 26.7 Å². The topological polar surface area (TPSA) is 95.1 Å². The third kappa shape index (κ3) is 2.92. The molecular formula is C12H10ClN3O3. The van der Waals surface area contributed by atoms with Crippen molar-refractivity contribution in [2.75, 3.05) is 5.32 Å². The number of amides is 1. The van der Waals surface area contributed by atoms with Crippen molar-refractivity contribution in [1.82, 2.24) is 9.97 Å². The molecule has 1 amide bonds. The molecule has 0 spiro atoms. The third-order valence-electron chi connectivity index (χ3n) is 2.41. The van der Waals surface area contributed by atoms with E-state index in [1.807, 2.05) is 0 Å². The van der Waals surface area contributed by atoms with Crippen LogP contribution in [0, 0.1) is 6.92 Å². The molecule has 7 heteroatoms. The van der Waals surface area contributed by atoms with E-state index in [0.717, 1.165) is 0 Å². The van der Waals surface area contributed by atoms with Crippen LogP contribution in [0.4, 0.5) is 5.69 Å². The zero-order valence-electron chi connectivity index (χ0n) is 9.90. The van der Waals surface area contributed by atoms with Gasteiger partial charge in [-0.3, -0.25) is 4.79 Å². The van der Waals surface area contributed by atoms with Crippen LogP contribution in [0.2, 0.25) is 5.02 Å². The molecule has 98 valence electrons. The Morgan fingerprint density at radius 1 is 1.42 bits per heavy atom. The van der Waals surface area contributed by atoms with Crippen LogP contribution in [0.15, 0.2) is 24.4 Å². The standard InChI is InChI=1S/C12H10ClN3O3/c1-6-14-5-10(15-6)11(17)16-9-4-7(12(18)19)2-3-8(9)13/h2-5H,1H3,(H,14,15)(H,16,17)(H,18,19). The summed E-state index contributed by atoms with van der Waals surface area (Å²) in [6, 6.07) is 4.07. The number of anilines is 1. The fourth-order valence-electron chi connectivity index (χ4n) is 1.48. The minimum Gasteiger partial charge on any atom is -0.478 e. The summed E-state index contributed by atoms with van der Waals surface area (Å²) >= 11 is 5.90. The van der Waals surface area contributed by atoms with E-state index in [2.05, 4.69) is 15.3 Å². The van der Waals surface area contributed by atoms with Crippen LogP contribution in [-0.4, -0.2) is 27.0 Å². The first-order valence-corrected chi connectivity index (χ1v) is 5.71. The second-order valence-electron chi connectivity index (χ2n) is 3.84. The third-order valence-corrected chi connectivity index (χ3v) is 2.74. The van der Waals surface area contributed by atoms with Gasteiger partial charge in [0.25, 0.3) is 5.91 Å². The van der Waals surface area contributed by atoms with Crippen LogP contribution >= 0.6 is 11.6 Å². The normalized spacial score (nSPS) is 10.2. The SMILES string of the molecule is Cc1ncc(C(=O)Nc2cc(C(=O)O)ccc2Cl)[nH]1. The number of aromatic nitrogens is 2. The molecule has 2 aromatic rings. The van der Waals surface area contributed by atoms with Gasteiger partial charge in [0.2, 0.25) is 0 Å². The lowest BCUT2D eigenvalue weighted by Gasteiger charge is -2.07. The van der Waals surface area contributed by atoms with Crippen LogP contribution in [0.3, 0.4) is 0 Å². The van der Waals surface area contributed by atoms with Gasteiger partial charge < -0.3 is 15.4 Å². The molecule has 19 heavy (non-hydrogen) atoms. The number of nitrogens with zero attached hydrogens (tertiary/aromatic N) is 1. The molecule has 0 aliphatic carbocycles.